The third-order valence-electron chi connectivity index (χ3n) is 3.33. The van der Waals surface area contributed by atoms with Crippen molar-refractivity contribution < 1.29 is 13.9 Å². The van der Waals surface area contributed by atoms with Crippen LogP contribution in [-0.2, 0) is 13.2 Å². The smallest absolute Gasteiger partial charge is 0.166 e. The van der Waals surface area contributed by atoms with Crippen LogP contribution in [0.5, 0.6) is 11.5 Å². The number of methoxy groups -OCH3 is 1. The first-order valence-electron chi connectivity index (χ1n) is 6.84. The molecule has 0 fully saturated rings. The van der Waals surface area contributed by atoms with Gasteiger partial charge in [-0.1, -0.05) is 18.2 Å². The first kappa shape index (κ1) is 15.3. The quantitative estimate of drug-likeness (QED) is 0.883. The zero-order valence-electron chi connectivity index (χ0n) is 12.6. The summed E-state index contributed by atoms with van der Waals surface area (Å²) in [4.78, 5) is 0. The van der Waals surface area contributed by atoms with Gasteiger partial charge in [0, 0.05) is 12.1 Å². The Balaban J connectivity index is 2.24. The third-order valence-corrected chi connectivity index (χ3v) is 3.33. The van der Waals surface area contributed by atoms with Crippen LogP contribution in [0.1, 0.15) is 16.7 Å². The van der Waals surface area contributed by atoms with E-state index < -0.39 is 0 Å². The SMILES string of the molecule is CNCc1cccc(OC)c1OCc1cc(F)ccc1C. The second-order valence-corrected chi connectivity index (χ2v) is 4.84. The van der Waals surface area contributed by atoms with Gasteiger partial charge in [-0.3, -0.25) is 0 Å². The molecule has 0 aliphatic heterocycles. The summed E-state index contributed by atoms with van der Waals surface area (Å²) in [7, 11) is 3.48. The van der Waals surface area contributed by atoms with Crippen LogP contribution in [0.15, 0.2) is 36.4 Å². The predicted molar refractivity (Wildman–Crippen MR) is 81.2 cm³/mol. The van der Waals surface area contributed by atoms with E-state index in [0.29, 0.717) is 24.7 Å². The van der Waals surface area contributed by atoms with E-state index in [4.69, 9.17) is 9.47 Å². The van der Waals surface area contributed by atoms with Crippen LogP contribution >= 0.6 is 0 Å². The van der Waals surface area contributed by atoms with E-state index in [-0.39, 0.29) is 5.82 Å². The van der Waals surface area contributed by atoms with E-state index in [1.807, 2.05) is 32.2 Å². The average Bonchev–Trinajstić information content (AvgIpc) is 2.49. The van der Waals surface area contributed by atoms with Crippen molar-refractivity contribution >= 4 is 0 Å². The first-order chi connectivity index (χ1) is 10.2. The average molecular weight is 289 g/mol. The number of aryl methyl sites for hydroxylation is 1. The maximum absolute atomic E-state index is 13.3. The van der Waals surface area contributed by atoms with Gasteiger partial charge in [0.05, 0.1) is 7.11 Å². The molecule has 2 rings (SSSR count). The van der Waals surface area contributed by atoms with E-state index in [9.17, 15) is 4.39 Å². The fraction of sp³-hybridized carbons (Fsp3) is 0.294. The summed E-state index contributed by atoms with van der Waals surface area (Å²) < 4.78 is 24.6. The van der Waals surface area contributed by atoms with Gasteiger partial charge in [-0.15, -0.1) is 0 Å². The van der Waals surface area contributed by atoms with Gasteiger partial charge < -0.3 is 14.8 Å². The predicted octanol–water partition coefficient (Wildman–Crippen LogP) is 3.44. The molecule has 1 N–H and O–H groups in total. The molecule has 0 aromatic heterocycles. The molecule has 0 unspecified atom stereocenters. The van der Waals surface area contributed by atoms with Crippen molar-refractivity contribution in [2.75, 3.05) is 14.2 Å². The Morgan fingerprint density at radius 2 is 1.95 bits per heavy atom. The first-order valence-corrected chi connectivity index (χ1v) is 6.84. The lowest BCUT2D eigenvalue weighted by molar-refractivity contribution is 0.280. The van der Waals surface area contributed by atoms with Gasteiger partial charge in [-0.05, 0) is 43.3 Å². The molecule has 0 saturated heterocycles. The molecule has 3 nitrogen and oxygen atoms in total. The standard InChI is InChI=1S/C17H20FNO2/c1-12-7-8-15(18)9-14(12)11-21-17-13(10-19-2)5-4-6-16(17)20-3/h4-9,19H,10-11H2,1-3H3. The van der Waals surface area contributed by atoms with E-state index in [1.54, 1.807) is 13.2 Å². The van der Waals surface area contributed by atoms with Crippen molar-refractivity contribution in [3.05, 3.63) is 58.9 Å². The van der Waals surface area contributed by atoms with Crippen LogP contribution in [0.4, 0.5) is 4.39 Å². The minimum absolute atomic E-state index is 0.255. The molecule has 0 spiro atoms. The molecule has 0 aliphatic carbocycles. The highest BCUT2D eigenvalue weighted by atomic mass is 19.1. The second-order valence-electron chi connectivity index (χ2n) is 4.84. The Bertz CT molecular complexity index is 614. The number of benzene rings is 2. The van der Waals surface area contributed by atoms with E-state index in [0.717, 1.165) is 16.7 Å². The molecule has 2 aromatic carbocycles. The number of hydrogen-bond acceptors (Lipinski definition) is 3. The summed E-state index contributed by atoms with van der Waals surface area (Å²) in [6, 6.07) is 10.5. The number of rotatable bonds is 6. The monoisotopic (exact) mass is 289 g/mol. The van der Waals surface area contributed by atoms with Gasteiger partial charge in [0.2, 0.25) is 0 Å². The second kappa shape index (κ2) is 7.09. The van der Waals surface area contributed by atoms with Crippen LogP contribution in [0.2, 0.25) is 0 Å². The lowest BCUT2D eigenvalue weighted by Gasteiger charge is -2.16. The summed E-state index contributed by atoms with van der Waals surface area (Å²) in [6.45, 7) is 2.92. The van der Waals surface area contributed by atoms with Crippen molar-refractivity contribution in [2.24, 2.45) is 0 Å². The third kappa shape index (κ3) is 3.73. The van der Waals surface area contributed by atoms with Crippen LogP contribution in [0, 0.1) is 12.7 Å². The Kier molecular flexibility index (Phi) is 5.17. The molecule has 112 valence electrons. The normalized spacial score (nSPS) is 10.5. The van der Waals surface area contributed by atoms with Crippen molar-refractivity contribution in [1.29, 1.82) is 0 Å². The molecule has 0 radical (unpaired) electrons. The molecule has 21 heavy (non-hydrogen) atoms. The van der Waals surface area contributed by atoms with Crippen molar-refractivity contribution in [1.82, 2.24) is 5.32 Å². The van der Waals surface area contributed by atoms with E-state index in [2.05, 4.69) is 5.32 Å². The topological polar surface area (TPSA) is 30.5 Å². The van der Waals surface area contributed by atoms with E-state index in [1.165, 1.54) is 12.1 Å². The minimum atomic E-state index is -0.255. The van der Waals surface area contributed by atoms with Crippen molar-refractivity contribution in [3.8, 4) is 11.5 Å². The Hall–Kier alpha value is -2.07. The largest absolute Gasteiger partial charge is 0.493 e. The molecule has 2 aromatic rings. The summed E-state index contributed by atoms with van der Waals surface area (Å²) in [5, 5.41) is 3.10. The fourth-order valence-corrected chi connectivity index (χ4v) is 2.16. The van der Waals surface area contributed by atoms with Gasteiger partial charge in [-0.25, -0.2) is 4.39 Å². The van der Waals surface area contributed by atoms with Crippen LogP contribution < -0.4 is 14.8 Å². The molecule has 0 bridgehead atoms. The molecule has 0 saturated carbocycles. The minimum Gasteiger partial charge on any atom is -0.493 e. The van der Waals surface area contributed by atoms with Gasteiger partial charge >= 0.3 is 0 Å². The van der Waals surface area contributed by atoms with Crippen molar-refractivity contribution in [3.63, 3.8) is 0 Å². The summed E-state index contributed by atoms with van der Waals surface area (Å²) >= 11 is 0. The Morgan fingerprint density at radius 3 is 2.67 bits per heavy atom. The number of halogens is 1. The highest BCUT2D eigenvalue weighted by Gasteiger charge is 2.11. The molecular formula is C17H20FNO2. The Morgan fingerprint density at radius 1 is 1.14 bits per heavy atom. The zero-order valence-corrected chi connectivity index (χ0v) is 12.6. The maximum atomic E-state index is 13.3. The maximum Gasteiger partial charge on any atom is 0.166 e. The lowest BCUT2D eigenvalue weighted by atomic mass is 10.1. The summed E-state index contributed by atoms with van der Waals surface area (Å²) in [5.41, 5.74) is 2.84. The summed E-state index contributed by atoms with van der Waals surface area (Å²) in [5.74, 6) is 1.12. The number of ether oxygens (including phenoxy) is 2. The molecule has 0 atom stereocenters. The van der Waals surface area contributed by atoms with Gasteiger partial charge in [-0.2, -0.15) is 0 Å². The van der Waals surface area contributed by atoms with Crippen LogP contribution in [0.25, 0.3) is 0 Å². The fourth-order valence-electron chi connectivity index (χ4n) is 2.16. The highest BCUT2D eigenvalue weighted by Crippen LogP contribution is 2.32. The number of para-hydroxylation sites is 1. The number of nitrogens with one attached hydrogen (secondary N) is 1. The lowest BCUT2D eigenvalue weighted by Crippen LogP contribution is -2.09. The number of hydrogen-bond donors (Lipinski definition) is 1. The van der Waals surface area contributed by atoms with Gasteiger partial charge in [0.25, 0.3) is 0 Å². The van der Waals surface area contributed by atoms with E-state index >= 15 is 0 Å². The summed E-state index contributed by atoms with van der Waals surface area (Å²) in [6.07, 6.45) is 0. The Labute approximate surface area is 124 Å². The van der Waals surface area contributed by atoms with Crippen molar-refractivity contribution in [2.45, 2.75) is 20.1 Å². The van der Waals surface area contributed by atoms with Gasteiger partial charge in [0.1, 0.15) is 12.4 Å². The molecule has 0 aliphatic rings. The molecule has 4 heteroatoms. The van der Waals surface area contributed by atoms with Gasteiger partial charge in [0.15, 0.2) is 11.5 Å². The molecule has 0 heterocycles. The highest BCUT2D eigenvalue weighted by molar-refractivity contribution is 5.46. The zero-order chi connectivity index (χ0) is 15.2. The molecule has 0 amide bonds. The molecular weight excluding hydrogens is 269 g/mol. The van der Waals surface area contributed by atoms with Crippen LogP contribution in [0.3, 0.4) is 0 Å². The van der Waals surface area contributed by atoms with Crippen LogP contribution in [-0.4, -0.2) is 14.2 Å².